The molecule has 146 valence electrons. The summed E-state index contributed by atoms with van der Waals surface area (Å²) in [5, 5.41) is 6.39. The Morgan fingerprint density at radius 2 is 1.89 bits per heavy atom. The van der Waals surface area contributed by atoms with Gasteiger partial charge in [-0.1, -0.05) is 11.6 Å². The van der Waals surface area contributed by atoms with E-state index in [2.05, 4.69) is 15.7 Å². The van der Waals surface area contributed by atoms with Crippen LogP contribution in [-0.2, 0) is 5.75 Å². The molecule has 1 heterocycles. The standard InChI is InChI=1S/C20H19ClN2O3S2/c1-12-22-14(10-27-12)11-28-15-6-4-13(5-7-15)20(24)23-17-9-18(25-2)16(21)8-19(17)26-3/h4-10H,11H2,1-3H3,(H,23,24). The monoisotopic (exact) mass is 434 g/mol. The molecular formula is C20H19ClN2O3S2. The molecular weight excluding hydrogens is 416 g/mol. The second kappa shape index (κ2) is 9.32. The molecule has 0 saturated carbocycles. The number of hydrogen-bond donors (Lipinski definition) is 1. The van der Waals surface area contributed by atoms with Crippen LogP contribution in [0.2, 0.25) is 5.02 Å². The normalized spacial score (nSPS) is 10.6. The van der Waals surface area contributed by atoms with Crippen molar-refractivity contribution >= 4 is 46.3 Å². The van der Waals surface area contributed by atoms with Crippen molar-refractivity contribution < 1.29 is 14.3 Å². The van der Waals surface area contributed by atoms with Crippen LogP contribution in [0, 0.1) is 6.92 Å². The Hall–Kier alpha value is -2.22. The number of aryl methyl sites for hydroxylation is 1. The highest BCUT2D eigenvalue weighted by atomic mass is 35.5. The first-order valence-corrected chi connectivity index (χ1v) is 10.6. The number of nitrogens with one attached hydrogen (secondary N) is 1. The summed E-state index contributed by atoms with van der Waals surface area (Å²) in [5.41, 5.74) is 2.11. The smallest absolute Gasteiger partial charge is 0.255 e. The number of methoxy groups -OCH3 is 2. The highest BCUT2D eigenvalue weighted by Gasteiger charge is 2.14. The fourth-order valence-corrected chi connectivity index (χ4v) is 4.23. The Balaban J connectivity index is 1.68. The van der Waals surface area contributed by atoms with Crippen LogP contribution < -0.4 is 14.8 Å². The molecule has 3 aromatic rings. The molecule has 0 radical (unpaired) electrons. The van der Waals surface area contributed by atoms with Gasteiger partial charge in [-0.2, -0.15) is 0 Å². The molecule has 0 spiro atoms. The summed E-state index contributed by atoms with van der Waals surface area (Å²) in [6.07, 6.45) is 0. The second-order valence-corrected chi connectivity index (χ2v) is 8.33. The molecule has 8 heteroatoms. The number of carbonyl (C=O) groups is 1. The van der Waals surface area contributed by atoms with Gasteiger partial charge in [-0.25, -0.2) is 4.98 Å². The maximum absolute atomic E-state index is 12.6. The van der Waals surface area contributed by atoms with E-state index in [1.165, 1.54) is 14.2 Å². The van der Waals surface area contributed by atoms with Gasteiger partial charge in [0, 0.05) is 33.7 Å². The Morgan fingerprint density at radius 3 is 2.50 bits per heavy atom. The van der Waals surface area contributed by atoms with E-state index >= 15 is 0 Å². The van der Waals surface area contributed by atoms with E-state index in [0.29, 0.717) is 27.8 Å². The first-order chi connectivity index (χ1) is 13.5. The molecule has 1 aromatic heterocycles. The van der Waals surface area contributed by atoms with Crippen LogP contribution in [0.5, 0.6) is 11.5 Å². The quantitative estimate of drug-likeness (QED) is 0.485. The summed E-state index contributed by atoms with van der Waals surface area (Å²) < 4.78 is 10.5. The maximum atomic E-state index is 12.6. The van der Waals surface area contributed by atoms with Crippen molar-refractivity contribution in [1.82, 2.24) is 4.98 Å². The number of ether oxygens (including phenoxy) is 2. The molecule has 0 bridgehead atoms. The lowest BCUT2D eigenvalue weighted by atomic mass is 10.2. The average Bonchev–Trinajstić information content (AvgIpc) is 3.12. The third kappa shape index (κ3) is 4.98. The molecule has 28 heavy (non-hydrogen) atoms. The second-order valence-electron chi connectivity index (χ2n) is 5.81. The Kier molecular flexibility index (Phi) is 6.83. The van der Waals surface area contributed by atoms with Crippen LogP contribution in [0.25, 0.3) is 0 Å². The Morgan fingerprint density at radius 1 is 1.18 bits per heavy atom. The molecule has 0 aliphatic rings. The van der Waals surface area contributed by atoms with E-state index < -0.39 is 0 Å². The highest BCUT2D eigenvalue weighted by Crippen LogP contribution is 2.36. The van der Waals surface area contributed by atoms with Crippen LogP contribution in [0.15, 0.2) is 46.7 Å². The van der Waals surface area contributed by atoms with E-state index in [1.54, 1.807) is 47.4 Å². The van der Waals surface area contributed by atoms with Gasteiger partial charge in [-0.3, -0.25) is 4.79 Å². The van der Waals surface area contributed by atoms with Crippen molar-refractivity contribution in [3.05, 3.63) is 63.1 Å². The summed E-state index contributed by atoms with van der Waals surface area (Å²) in [5.74, 6) is 1.48. The van der Waals surface area contributed by atoms with Crippen LogP contribution >= 0.6 is 34.7 Å². The molecule has 0 saturated heterocycles. The van der Waals surface area contributed by atoms with Crippen molar-refractivity contribution in [2.24, 2.45) is 0 Å². The van der Waals surface area contributed by atoms with Crippen LogP contribution in [0.3, 0.4) is 0 Å². The number of thioether (sulfide) groups is 1. The molecule has 5 nitrogen and oxygen atoms in total. The lowest BCUT2D eigenvalue weighted by molar-refractivity contribution is 0.102. The third-order valence-electron chi connectivity index (χ3n) is 3.89. The summed E-state index contributed by atoms with van der Waals surface area (Å²) in [4.78, 5) is 18.1. The fraction of sp³-hybridized carbons (Fsp3) is 0.200. The third-order valence-corrected chi connectivity index (χ3v) is 6.06. The van der Waals surface area contributed by atoms with Gasteiger partial charge >= 0.3 is 0 Å². The van der Waals surface area contributed by atoms with Crippen LogP contribution in [0.1, 0.15) is 21.1 Å². The van der Waals surface area contributed by atoms with Crippen molar-refractivity contribution in [2.45, 2.75) is 17.6 Å². The topological polar surface area (TPSA) is 60.5 Å². The number of anilines is 1. The molecule has 1 amide bonds. The summed E-state index contributed by atoms with van der Waals surface area (Å²) >= 11 is 9.44. The largest absolute Gasteiger partial charge is 0.495 e. The lowest BCUT2D eigenvalue weighted by Gasteiger charge is -2.13. The van der Waals surface area contributed by atoms with Gasteiger partial charge < -0.3 is 14.8 Å². The molecule has 0 atom stereocenters. The number of halogens is 1. The maximum Gasteiger partial charge on any atom is 0.255 e. The van der Waals surface area contributed by atoms with Gasteiger partial charge in [0.1, 0.15) is 11.5 Å². The lowest BCUT2D eigenvalue weighted by Crippen LogP contribution is -2.12. The molecule has 3 rings (SSSR count). The van der Waals surface area contributed by atoms with E-state index in [9.17, 15) is 4.79 Å². The minimum Gasteiger partial charge on any atom is -0.495 e. The van der Waals surface area contributed by atoms with Gasteiger partial charge in [0.2, 0.25) is 0 Å². The van der Waals surface area contributed by atoms with Crippen molar-refractivity contribution in [3.63, 3.8) is 0 Å². The number of aromatic nitrogens is 1. The molecule has 1 N–H and O–H groups in total. The predicted molar refractivity (Wildman–Crippen MR) is 115 cm³/mol. The number of amides is 1. The summed E-state index contributed by atoms with van der Waals surface area (Å²) in [6, 6.07) is 10.7. The van der Waals surface area contributed by atoms with Crippen LogP contribution in [0.4, 0.5) is 5.69 Å². The molecule has 0 fully saturated rings. The zero-order chi connectivity index (χ0) is 20.1. The molecule has 0 aliphatic heterocycles. The minimum absolute atomic E-state index is 0.241. The van der Waals surface area contributed by atoms with Gasteiger partial charge in [-0.15, -0.1) is 23.1 Å². The summed E-state index contributed by atoms with van der Waals surface area (Å²) in [7, 11) is 3.03. The number of nitrogens with zero attached hydrogens (tertiary/aromatic N) is 1. The molecule has 0 unspecified atom stereocenters. The molecule has 2 aromatic carbocycles. The fourth-order valence-electron chi connectivity index (χ4n) is 2.49. The molecule has 0 aliphatic carbocycles. The number of benzene rings is 2. The zero-order valence-corrected chi connectivity index (χ0v) is 18.0. The number of rotatable bonds is 7. The Labute approximate surface area is 177 Å². The zero-order valence-electron chi connectivity index (χ0n) is 15.6. The average molecular weight is 435 g/mol. The number of thiazole rings is 1. The predicted octanol–water partition coefficient (Wildman–Crippen LogP) is 5.67. The van der Waals surface area contributed by atoms with Crippen molar-refractivity contribution in [2.75, 3.05) is 19.5 Å². The number of carbonyl (C=O) groups excluding carboxylic acids is 1. The van der Waals surface area contributed by atoms with E-state index in [0.717, 1.165) is 21.3 Å². The van der Waals surface area contributed by atoms with Gasteiger partial charge in [0.25, 0.3) is 5.91 Å². The summed E-state index contributed by atoms with van der Waals surface area (Å²) in [6.45, 7) is 2.00. The SMILES string of the molecule is COc1cc(NC(=O)c2ccc(SCc3csc(C)n3)cc2)c(OC)cc1Cl. The first-order valence-electron chi connectivity index (χ1n) is 8.37. The van der Waals surface area contributed by atoms with Gasteiger partial charge in [0.15, 0.2) is 0 Å². The van der Waals surface area contributed by atoms with Crippen molar-refractivity contribution in [1.29, 1.82) is 0 Å². The van der Waals surface area contributed by atoms with Crippen molar-refractivity contribution in [3.8, 4) is 11.5 Å². The van der Waals surface area contributed by atoms with E-state index in [-0.39, 0.29) is 5.91 Å². The van der Waals surface area contributed by atoms with E-state index in [1.807, 2.05) is 19.1 Å². The van der Waals surface area contributed by atoms with Gasteiger partial charge in [-0.05, 0) is 31.2 Å². The highest BCUT2D eigenvalue weighted by molar-refractivity contribution is 7.98. The Bertz CT molecular complexity index is 974. The van der Waals surface area contributed by atoms with Crippen LogP contribution in [-0.4, -0.2) is 25.1 Å². The van der Waals surface area contributed by atoms with E-state index in [4.69, 9.17) is 21.1 Å². The first kappa shape index (κ1) is 20.5. The van der Waals surface area contributed by atoms with Gasteiger partial charge in [0.05, 0.1) is 35.6 Å². The number of hydrogen-bond acceptors (Lipinski definition) is 6. The minimum atomic E-state index is -0.241.